The highest BCUT2D eigenvalue weighted by Crippen LogP contribution is 2.19. The fraction of sp³-hybridized carbons (Fsp3) is 0.364. The molecule has 0 aliphatic carbocycles. The van der Waals surface area contributed by atoms with Crippen LogP contribution in [0.5, 0.6) is 0 Å². The second-order valence-electron chi connectivity index (χ2n) is 3.82. The van der Waals surface area contributed by atoms with E-state index in [-0.39, 0.29) is 6.54 Å². The van der Waals surface area contributed by atoms with E-state index in [1.54, 1.807) is 26.0 Å². The molecule has 17 heavy (non-hydrogen) atoms. The Bertz CT molecular complexity index is 418. The Labute approximate surface area is 96.8 Å². The molecule has 94 valence electrons. The van der Waals surface area contributed by atoms with Crippen LogP contribution in [0.3, 0.4) is 0 Å². The van der Waals surface area contributed by atoms with Crippen molar-refractivity contribution in [3.63, 3.8) is 0 Å². The Kier molecular flexibility index (Phi) is 3.65. The molecule has 0 aromatic heterocycles. The summed E-state index contributed by atoms with van der Waals surface area (Å²) in [7, 11) is 0. The number of halogens is 3. The van der Waals surface area contributed by atoms with Crippen molar-refractivity contribution in [2.75, 3.05) is 5.73 Å². The van der Waals surface area contributed by atoms with E-state index in [2.05, 4.69) is 0 Å². The molecule has 0 aliphatic heterocycles. The fourth-order valence-electron chi connectivity index (χ4n) is 1.45. The maximum absolute atomic E-state index is 11.9. The molecular formula is C11H13F3N2O. The largest absolute Gasteiger partial charge is 0.471 e. The smallest absolute Gasteiger partial charge is 0.398 e. The van der Waals surface area contributed by atoms with Crippen LogP contribution in [0.2, 0.25) is 0 Å². The average molecular weight is 246 g/mol. The first kappa shape index (κ1) is 13.3. The third kappa shape index (κ3) is 3.37. The summed E-state index contributed by atoms with van der Waals surface area (Å²) in [4.78, 5) is 10.6. The van der Waals surface area contributed by atoms with E-state index in [1.165, 1.54) is 0 Å². The Morgan fingerprint density at radius 2 is 1.76 bits per heavy atom. The van der Waals surface area contributed by atoms with Gasteiger partial charge in [-0.05, 0) is 30.5 Å². The first-order valence-electron chi connectivity index (χ1n) is 4.92. The van der Waals surface area contributed by atoms with Gasteiger partial charge in [-0.3, -0.25) is 4.79 Å². The number of hydrogen-bond donors (Lipinski definition) is 2. The number of rotatable bonds is 2. The second kappa shape index (κ2) is 4.65. The fourth-order valence-corrected chi connectivity index (χ4v) is 1.45. The molecule has 0 aliphatic rings. The van der Waals surface area contributed by atoms with E-state index >= 15 is 0 Å². The summed E-state index contributed by atoms with van der Waals surface area (Å²) in [6.45, 7) is 3.36. The minimum atomic E-state index is -4.85. The molecule has 0 heterocycles. The number of aryl methyl sites for hydroxylation is 2. The number of benzene rings is 1. The topological polar surface area (TPSA) is 55.1 Å². The summed E-state index contributed by atoms with van der Waals surface area (Å²) >= 11 is 0. The highest BCUT2D eigenvalue weighted by Gasteiger charge is 2.38. The lowest BCUT2D eigenvalue weighted by atomic mass is 10.0. The third-order valence-corrected chi connectivity index (χ3v) is 2.36. The molecule has 0 radical (unpaired) electrons. The molecule has 0 atom stereocenters. The van der Waals surface area contributed by atoms with Crippen molar-refractivity contribution in [2.24, 2.45) is 0 Å². The van der Waals surface area contributed by atoms with Crippen LogP contribution in [0, 0.1) is 13.8 Å². The Hall–Kier alpha value is -1.72. The number of hydrogen-bond acceptors (Lipinski definition) is 2. The van der Waals surface area contributed by atoms with Crippen LogP contribution in [-0.2, 0) is 11.3 Å². The van der Waals surface area contributed by atoms with E-state index < -0.39 is 12.1 Å². The van der Waals surface area contributed by atoms with Gasteiger partial charge < -0.3 is 11.1 Å². The average Bonchev–Trinajstić information content (AvgIpc) is 2.20. The monoisotopic (exact) mass is 246 g/mol. The molecule has 0 unspecified atom stereocenters. The van der Waals surface area contributed by atoms with Crippen LogP contribution in [0.25, 0.3) is 0 Å². The number of anilines is 1. The molecule has 0 fully saturated rings. The van der Waals surface area contributed by atoms with E-state index in [4.69, 9.17) is 5.73 Å². The van der Waals surface area contributed by atoms with Crippen LogP contribution in [-0.4, -0.2) is 12.1 Å². The third-order valence-electron chi connectivity index (χ3n) is 2.36. The van der Waals surface area contributed by atoms with Crippen molar-refractivity contribution in [3.8, 4) is 0 Å². The van der Waals surface area contributed by atoms with Crippen LogP contribution in [0.4, 0.5) is 18.9 Å². The summed E-state index contributed by atoms with van der Waals surface area (Å²) in [6, 6.07) is 3.30. The number of nitrogen functional groups attached to an aromatic ring is 1. The van der Waals surface area contributed by atoms with Crippen molar-refractivity contribution in [2.45, 2.75) is 26.6 Å². The molecule has 0 saturated heterocycles. The van der Waals surface area contributed by atoms with Crippen molar-refractivity contribution in [1.82, 2.24) is 5.32 Å². The Morgan fingerprint density at radius 3 is 2.18 bits per heavy atom. The predicted octanol–water partition coefficient (Wildman–Crippen LogP) is 2.06. The van der Waals surface area contributed by atoms with Gasteiger partial charge in [-0.25, -0.2) is 0 Å². The number of amides is 1. The molecule has 1 aromatic carbocycles. The Morgan fingerprint density at radius 1 is 1.29 bits per heavy atom. The number of alkyl halides is 3. The normalized spacial score (nSPS) is 11.4. The number of carbonyl (C=O) groups is 1. The molecule has 1 rings (SSSR count). The highest BCUT2D eigenvalue weighted by atomic mass is 19.4. The zero-order valence-corrected chi connectivity index (χ0v) is 9.48. The molecule has 1 amide bonds. The molecule has 0 saturated carbocycles. The van der Waals surface area contributed by atoms with E-state index in [0.29, 0.717) is 11.3 Å². The SMILES string of the molecule is Cc1cc(CNC(=O)C(F)(F)F)cc(C)c1N. The summed E-state index contributed by atoms with van der Waals surface area (Å²) in [5.41, 5.74) is 8.46. The highest BCUT2D eigenvalue weighted by molar-refractivity contribution is 5.81. The van der Waals surface area contributed by atoms with Crippen LogP contribution in [0.15, 0.2) is 12.1 Å². The van der Waals surface area contributed by atoms with Crippen LogP contribution < -0.4 is 11.1 Å². The van der Waals surface area contributed by atoms with Crippen LogP contribution in [0.1, 0.15) is 16.7 Å². The predicted molar refractivity (Wildman–Crippen MR) is 58.2 cm³/mol. The lowest BCUT2D eigenvalue weighted by molar-refractivity contribution is -0.173. The number of nitrogens with one attached hydrogen (secondary N) is 1. The van der Waals surface area contributed by atoms with Gasteiger partial charge in [0.25, 0.3) is 0 Å². The van der Waals surface area contributed by atoms with Gasteiger partial charge >= 0.3 is 12.1 Å². The summed E-state index contributed by atoms with van der Waals surface area (Å²) in [5, 5.41) is 1.81. The van der Waals surface area contributed by atoms with Gasteiger partial charge in [0.15, 0.2) is 0 Å². The lowest BCUT2D eigenvalue weighted by Gasteiger charge is -2.11. The van der Waals surface area contributed by atoms with Crippen LogP contribution >= 0.6 is 0 Å². The van der Waals surface area contributed by atoms with Gasteiger partial charge in [0.2, 0.25) is 0 Å². The summed E-state index contributed by atoms with van der Waals surface area (Å²) in [6.07, 6.45) is -4.85. The maximum Gasteiger partial charge on any atom is 0.471 e. The van der Waals surface area contributed by atoms with Crippen molar-refractivity contribution in [1.29, 1.82) is 0 Å². The Balaban J connectivity index is 2.74. The molecule has 3 N–H and O–H groups in total. The molecule has 0 spiro atoms. The second-order valence-corrected chi connectivity index (χ2v) is 3.82. The summed E-state index contributed by atoms with van der Waals surface area (Å²) in [5.74, 6) is -1.94. The van der Waals surface area contributed by atoms with Crippen molar-refractivity contribution < 1.29 is 18.0 Å². The standard InChI is InChI=1S/C11H13F3N2O/c1-6-3-8(4-7(2)9(6)15)5-16-10(17)11(12,13)14/h3-4H,5,15H2,1-2H3,(H,16,17). The van der Waals surface area contributed by atoms with Gasteiger partial charge in [0.1, 0.15) is 0 Å². The number of nitrogens with two attached hydrogens (primary N) is 1. The minimum Gasteiger partial charge on any atom is -0.398 e. The number of carbonyl (C=O) groups excluding carboxylic acids is 1. The zero-order chi connectivity index (χ0) is 13.2. The molecular weight excluding hydrogens is 233 g/mol. The molecule has 3 nitrogen and oxygen atoms in total. The van der Waals surface area contributed by atoms with Gasteiger partial charge in [-0.2, -0.15) is 13.2 Å². The summed E-state index contributed by atoms with van der Waals surface area (Å²) < 4.78 is 35.8. The first-order chi connectivity index (χ1) is 7.71. The first-order valence-corrected chi connectivity index (χ1v) is 4.92. The lowest BCUT2D eigenvalue weighted by Crippen LogP contribution is -2.36. The minimum absolute atomic E-state index is 0.166. The van der Waals surface area contributed by atoms with Crippen molar-refractivity contribution >= 4 is 11.6 Å². The van der Waals surface area contributed by atoms with Gasteiger partial charge in [-0.1, -0.05) is 12.1 Å². The quantitative estimate of drug-likeness (QED) is 0.785. The maximum atomic E-state index is 11.9. The molecule has 1 aromatic rings. The molecule has 0 bridgehead atoms. The zero-order valence-electron chi connectivity index (χ0n) is 9.48. The van der Waals surface area contributed by atoms with Gasteiger partial charge in [-0.15, -0.1) is 0 Å². The van der Waals surface area contributed by atoms with Gasteiger partial charge in [0, 0.05) is 12.2 Å². The van der Waals surface area contributed by atoms with E-state index in [1.807, 2.05) is 5.32 Å². The molecule has 6 heteroatoms. The van der Waals surface area contributed by atoms with E-state index in [9.17, 15) is 18.0 Å². The van der Waals surface area contributed by atoms with E-state index in [0.717, 1.165) is 11.1 Å². The van der Waals surface area contributed by atoms with Crippen molar-refractivity contribution in [3.05, 3.63) is 28.8 Å². The van der Waals surface area contributed by atoms with Gasteiger partial charge in [0.05, 0.1) is 0 Å².